The van der Waals surface area contributed by atoms with Crippen LogP contribution in [0.2, 0.25) is 0 Å². The second-order valence-electron chi connectivity index (χ2n) is 5.48. The van der Waals surface area contributed by atoms with Gasteiger partial charge in [0.25, 0.3) is 0 Å². The molecule has 2 aliphatic rings. The van der Waals surface area contributed by atoms with Crippen molar-refractivity contribution in [1.82, 2.24) is 0 Å². The molecular weight excluding hydrogens is 229 g/mol. The highest BCUT2D eigenvalue weighted by Crippen LogP contribution is 2.36. The van der Waals surface area contributed by atoms with Gasteiger partial charge in [-0.2, -0.15) is 0 Å². The summed E-state index contributed by atoms with van der Waals surface area (Å²) in [4.78, 5) is 0. The van der Waals surface area contributed by atoms with Crippen molar-refractivity contribution in [3.63, 3.8) is 0 Å². The fourth-order valence-electron chi connectivity index (χ4n) is 3.36. The summed E-state index contributed by atoms with van der Waals surface area (Å²) in [6, 6.07) is 7.15. The zero-order chi connectivity index (χ0) is 12.4. The summed E-state index contributed by atoms with van der Waals surface area (Å²) >= 11 is 0. The van der Waals surface area contributed by atoms with Crippen LogP contribution in [-0.4, -0.2) is 19.3 Å². The Bertz CT molecular complexity index is 390. The highest BCUT2D eigenvalue weighted by atomic mass is 19.1. The van der Waals surface area contributed by atoms with Gasteiger partial charge in [0.1, 0.15) is 5.82 Å². The van der Waals surface area contributed by atoms with E-state index < -0.39 is 0 Å². The third-order valence-electron chi connectivity index (χ3n) is 4.35. The molecule has 3 atom stereocenters. The highest BCUT2D eigenvalue weighted by Gasteiger charge is 2.35. The molecule has 1 aromatic carbocycles. The van der Waals surface area contributed by atoms with E-state index in [0.717, 1.165) is 24.8 Å². The molecule has 0 amide bonds. The minimum atomic E-state index is -0.178. The third-order valence-corrected chi connectivity index (χ3v) is 4.35. The summed E-state index contributed by atoms with van der Waals surface area (Å²) in [5.74, 6) is 1.26. The van der Waals surface area contributed by atoms with Gasteiger partial charge in [-0.15, -0.1) is 0 Å². The zero-order valence-corrected chi connectivity index (χ0v) is 10.6. The zero-order valence-electron chi connectivity index (χ0n) is 10.6. The molecule has 2 fully saturated rings. The Labute approximate surface area is 108 Å². The number of benzene rings is 1. The molecule has 1 N–H and O–H groups in total. The predicted molar refractivity (Wildman–Crippen MR) is 70.1 cm³/mol. The molecule has 1 aromatic rings. The van der Waals surface area contributed by atoms with Crippen molar-refractivity contribution in [3.8, 4) is 0 Å². The lowest BCUT2D eigenvalue weighted by atomic mass is 9.73. The standard InChI is InChI=1S/C15H20FNO/c16-12-4-6-13(7-5-12)17-15-3-1-2-11-8-9-18-10-14(11)15/h4-7,11,14-15,17H,1-3,8-10H2/t11-,14?,15+/m0/s1. The number of ether oxygens (including phenoxy) is 1. The van der Waals surface area contributed by atoms with Crippen LogP contribution in [0.25, 0.3) is 0 Å². The molecule has 1 aliphatic carbocycles. The number of hydrogen-bond donors (Lipinski definition) is 1. The van der Waals surface area contributed by atoms with Crippen LogP contribution >= 0.6 is 0 Å². The van der Waals surface area contributed by atoms with Gasteiger partial charge < -0.3 is 10.1 Å². The summed E-state index contributed by atoms with van der Waals surface area (Å²) < 4.78 is 18.5. The minimum Gasteiger partial charge on any atom is -0.382 e. The van der Waals surface area contributed by atoms with Gasteiger partial charge in [-0.05, 0) is 49.4 Å². The molecule has 0 aromatic heterocycles. The van der Waals surface area contributed by atoms with Crippen LogP contribution in [0.1, 0.15) is 25.7 Å². The molecule has 3 rings (SSSR count). The fraction of sp³-hybridized carbons (Fsp3) is 0.600. The molecule has 0 spiro atoms. The second-order valence-corrected chi connectivity index (χ2v) is 5.48. The summed E-state index contributed by atoms with van der Waals surface area (Å²) in [7, 11) is 0. The molecule has 1 unspecified atom stereocenters. The first-order chi connectivity index (χ1) is 8.83. The van der Waals surface area contributed by atoms with Gasteiger partial charge in [0.05, 0.1) is 6.61 Å². The average molecular weight is 249 g/mol. The average Bonchev–Trinajstić information content (AvgIpc) is 2.42. The summed E-state index contributed by atoms with van der Waals surface area (Å²) in [5, 5.41) is 3.56. The van der Waals surface area contributed by atoms with E-state index in [1.807, 2.05) is 12.1 Å². The summed E-state index contributed by atoms with van der Waals surface area (Å²) in [6.07, 6.45) is 5.03. The number of anilines is 1. The number of fused-ring (bicyclic) bond motifs is 1. The Balaban J connectivity index is 1.69. The molecule has 0 radical (unpaired) electrons. The Morgan fingerprint density at radius 1 is 1.11 bits per heavy atom. The van der Waals surface area contributed by atoms with Crippen LogP contribution in [0.5, 0.6) is 0 Å². The van der Waals surface area contributed by atoms with E-state index in [2.05, 4.69) is 5.32 Å². The molecule has 1 heterocycles. The summed E-state index contributed by atoms with van der Waals surface area (Å²) in [5.41, 5.74) is 1.02. The van der Waals surface area contributed by atoms with Crippen molar-refractivity contribution < 1.29 is 9.13 Å². The second kappa shape index (κ2) is 5.27. The minimum absolute atomic E-state index is 0.178. The number of rotatable bonds is 2. The maximum Gasteiger partial charge on any atom is 0.123 e. The van der Waals surface area contributed by atoms with Crippen LogP contribution in [-0.2, 0) is 4.74 Å². The molecule has 1 saturated carbocycles. The van der Waals surface area contributed by atoms with Crippen LogP contribution in [0, 0.1) is 17.7 Å². The van der Waals surface area contributed by atoms with Crippen LogP contribution in [0.15, 0.2) is 24.3 Å². The first-order valence-corrected chi connectivity index (χ1v) is 6.93. The monoisotopic (exact) mass is 249 g/mol. The summed E-state index contributed by atoms with van der Waals surface area (Å²) in [6.45, 7) is 1.80. The van der Waals surface area contributed by atoms with E-state index >= 15 is 0 Å². The number of halogens is 1. The lowest BCUT2D eigenvalue weighted by molar-refractivity contribution is -0.00693. The van der Waals surface area contributed by atoms with Crippen LogP contribution < -0.4 is 5.32 Å². The largest absolute Gasteiger partial charge is 0.382 e. The lowest BCUT2D eigenvalue weighted by Gasteiger charge is -2.41. The van der Waals surface area contributed by atoms with Gasteiger partial charge in [-0.25, -0.2) is 4.39 Å². The van der Waals surface area contributed by atoms with Crippen molar-refractivity contribution >= 4 is 5.69 Å². The van der Waals surface area contributed by atoms with E-state index in [1.165, 1.54) is 37.8 Å². The first kappa shape index (κ1) is 12.0. The van der Waals surface area contributed by atoms with Gasteiger partial charge in [-0.1, -0.05) is 6.42 Å². The Kier molecular flexibility index (Phi) is 3.50. The number of hydrogen-bond acceptors (Lipinski definition) is 2. The first-order valence-electron chi connectivity index (χ1n) is 6.93. The molecule has 0 bridgehead atoms. The quantitative estimate of drug-likeness (QED) is 0.867. The fourth-order valence-corrected chi connectivity index (χ4v) is 3.36. The third kappa shape index (κ3) is 2.51. The van der Waals surface area contributed by atoms with Gasteiger partial charge in [-0.3, -0.25) is 0 Å². The highest BCUT2D eigenvalue weighted by molar-refractivity contribution is 5.44. The Morgan fingerprint density at radius 2 is 1.94 bits per heavy atom. The van der Waals surface area contributed by atoms with Crippen LogP contribution in [0.3, 0.4) is 0 Å². The molecule has 1 aliphatic heterocycles. The van der Waals surface area contributed by atoms with E-state index in [-0.39, 0.29) is 5.82 Å². The molecule has 3 heteroatoms. The van der Waals surface area contributed by atoms with Crippen molar-refractivity contribution in [3.05, 3.63) is 30.1 Å². The van der Waals surface area contributed by atoms with Gasteiger partial charge in [0.2, 0.25) is 0 Å². The SMILES string of the molecule is Fc1ccc(N[C@@H]2CCC[C@H]3CCOCC32)cc1. The normalized spacial score (nSPS) is 31.7. The lowest BCUT2D eigenvalue weighted by Crippen LogP contribution is -2.43. The van der Waals surface area contributed by atoms with Gasteiger partial charge >= 0.3 is 0 Å². The van der Waals surface area contributed by atoms with Gasteiger partial charge in [0, 0.05) is 24.3 Å². The maximum absolute atomic E-state index is 12.9. The smallest absolute Gasteiger partial charge is 0.123 e. The van der Waals surface area contributed by atoms with Crippen molar-refractivity contribution in [2.24, 2.45) is 11.8 Å². The molecule has 1 saturated heterocycles. The molecule has 2 nitrogen and oxygen atoms in total. The molecule has 18 heavy (non-hydrogen) atoms. The predicted octanol–water partition coefficient (Wildman–Crippen LogP) is 3.44. The topological polar surface area (TPSA) is 21.3 Å². The number of nitrogens with one attached hydrogen (secondary N) is 1. The van der Waals surface area contributed by atoms with Crippen molar-refractivity contribution in [1.29, 1.82) is 0 Å². The van der Waals surface area contributed by atoms with Gasteiger partial charge in [0.15, 0.2) is 0 Å². The molecular formula is C15H20FNO. The van der Waals surface area contributed by atoms with E-state index in [0.29, 0.717) is 12.0 Å². The van der Waals surface area contributed by atoms with E-state index in [4.69, 9.17) is 4.74 Å². The van der Waals surface area contributed by atoms with Crippen molar-refractivity contribution in [2.75, 3.05) is 18.5 Å². The van der Waals surface area contributed by atoms with E-state index in [9.17, 15) is 4.39 Å². The van der Waals surface area contributed by atoms with Crippen LogP contribution in [0.4, 0.5) is 10.1 Å². The maximum atomic E-state index is 12.9. The Morgan fingerprint density at radius 3 is 2.78 bits per heavy atom. The molecule has 98 valence electrons. The van der Waals surface area contributed by atoms with Crippen molar-refractivity contribution in [2.45, 2.75) is 31.7 Å². The van der Waals surface area contributed by atoms with E-state index in [1.54, 1.807) is 0 Å². The Hall–Kier alpha value is -1.09.